The SMILES string of the molecule is CC1=C(Br)CNC=C1[N+](=O)[O-]. The second-order valence-electron chi connectivity index (χ2n) is 2.20. The summed E-state index contributed by atoms with van der Waals surface area (Å²) in [5.74, 6) is 0. The molecule has 0 saturated carbocycles. The summed E-state index contributed by atoms with van der Waals surface area (Å²) in [4.78, 5) is 9.95. The lowest BCUT2D eigenvalue weighted by molar-refractivity contribution is -0.421. The lowest BCUT2D eigenvalue weighted by atomic mass is 10.2. The average molecular weight is 219 g/mol. The van der Waals surface area contributed by atoms with Gasteiger partial charge in [-0.2, -0.15) is 0 Å². The van der Waals surface area contributed by atoms with Crippen LogP contribution in [0, 0.1) is 10.1 Å². The van der Waals surface area contributed by atoms with Gasteiger partial charge in [0.1, 0.15) is 0 Å². The van der Waals surface area contributed by atoms with E-state index in [1.807, 2.05) is 0 Å². The first-order chi connectivity index (χ1) is 5.13. The molecule has 0 spiro atoms. The minimum atomic E-state index is -0.400. The normalized spacial score (nSPS) is 17.5. The number of dihydropyridines is 1. The van der Waals surface area contributed by atoms with E-state index in [0.29, 0.717) is 12.1 Å². The van der Waals surface area contributed by atoms with E-state index in [2.05, 4.69) is 21.2 Å². The number of hydrogen-bond donors (Lipinski definition) is 1. The van der Waals surface area contributed by atoms with Crippen molar-refractivity contribution in [2.24, 2.45) is 0 Å². The van der Waals surface area contributed by atoms with E-state index in [0.717, 1.165) is 4.48 Å². The zero-order valence-corrected chi connectivity index (χ0v) is 7.51. The number of halogens is 1. The van der Waals surface area contributed by atoms with E-state index in [-0.39, 0.29) is 5.70 Å². The molecule has 0 unspecified atom stereocenters. The van der Waals surface area contributed by atoms with Gasteiger partial charge in [0, 0.05) is 16.6 Å². The van der Waals surface area contributed by atoms with E-state index in [4.69, 9.17) is 0 Å². The van der Waals surface area contributed by atoms with Gasteiger partial charge in [-0.15, -0.1) is 0 Å². The molecule has 0 amide bonds. The van der Waals surface area contributed by atoms with Crippen molar-refractivity contribution in [1.29, 1.82) is 0 Å². The summed E-state index contributed by atoms with van der Waals surface area (Å²) in [5.41, 5.74) is 0.817. The third kappa shape index (κ3) is 1.59. The number of nitrogens with zero attached hydrogens (tertiary/aromatic N) is 1. The van der Waals surface area contributed by atoms with Crippen LogP contribution in [0.15, 0.2) is 22.0 Å². The van der Waals surface area contributed by atoms with Crippen LogP contribution in [0.3, 0.4) is 0 Å². The molecule has 11 heavy (non-hydrogen) atoms. The molecule has 1 aliphatic heterocycles. The minimum absolute atomic E-state index is 0.128. The molecule has 5 heteroatoms. The lowest BCUT2D eigenvalue weighted by Crippen LogP contribution is -2.18. The fourth-order valence-corrected chi connectivity index (χ4v) is 1.17. The van der Waals surface area contributed by atoms with Crippen molar-refractivity contribution in [2.45, 2.75) is 6.92 Å². The van der Waals surface area contributed by atoms with Gasteiger partial charge in [0.15, 0.2) is 0 Å². The molecule has 0 aliphatic carbocycles. The predicted molar refractivity (Wildman–Crippen MR) is 44.7 cm³/mol. The van der Waals surface area contributed by atoms with Crippen LogP contribution >= 0.6 is 15.9 Å². The summed E-state index contributed by atoms with van der Waals surface area (Å²) in [6, 6.07) is 0. The molecule has 0 aromatic rings. The fraction of sp³-hybridized carbons (Fsp3) is 0.333. The maximum atomic E-state index is 10.4. The molecule has 0 bridgehead atoms. The van der Waals surface area contributed by atoms with Crippen molar-refractivity contribution in [3.63, 3.8) is 0 Å². The summed E-state index contributed by atoms with van der Waals surface area (Å²) < 4.78 is 0.840. The van der Waals surface area contributed by atoms with Crippen LogP contribution in [0.4, 0.5) is 0 Å². The Morgan fingerprint density at radius 2 is 2.45 bits per heavy atom. The lowest BCUT2D eigenvalue weighted by Gasteiger charge is -2.09. The number of nitrogens with one attached hydrogen (secondary N) is 1. The van der Waals surface area contributed by atoms with E-state index in [1.165, 1.54) is 6.20 Å². The molecule has 60 valence electrons. The van der Waals surface area contributed by atoms with E-state index in [1.54, 1.807) is 6.92 Å². The Morgan fingerprint density at radius 1 is 1.82 bits per heavy atom. The van der Waals surface area contributed by atoms with Crippen molar-refractivity contribution in [1.82, 2.24) is 5.32 Å². The quantitative estimate of drug-likeness (QED) is 0.535. The molecule has 0 saturated heterocycles. The van der Waals surface area contributed by atoms with Gasteiger partial charge in [-0.1, -0.05) is 15.9 Å². The highest BCUT2D eigenvalue weighted by Gasteiger charge is 2.19. The number of allylic oxidation sites excluding steroid dienone is 1. The average Bonchev–Trinajstić information content (AvgIpc) is 1.94. The fourth-order valence-electron chi connectivity index (χ4n) is 0.807. The Balaban J connectivity index is 2.98. The molecule has 0 radical (unpaired) electrons. The number of hydrogen-bond acceptors (Lipinski definition) is 3. The summed E-state index contributed by atoms with van der Waals surface area (Å²) in [7, 11) is 0. The van der Waals surface area contributed by atoms with Crippen LogP contribution in [0.1, 0.15) is 6.92 Å². The monoisotopic (exact) mass is 218 g/mol. The molecular formula is C6H7BrN2O2. The third-order valence-electron chi connectivity index (χ3n) is 1.48. The van der Waals surface area contributed by atoms with Crippen LogP contribution in [-0.4, -0.2) is 11.5 Å². The third-order valence-corrected chi connectivity index (χ3v) is 2.36. The van der Waals surface area contributed by atoms with Crippen molar-refractivity contribution in [2.75, 3.05) is 6.54 Å². The number of rotatable bonds is 1. The standard InChI is InChI=1S/C6H7BrN2O2/c1-4-5(7)2-8-3-6(4)9(10)11/h3,8H,2H2,1H3. The molecule has 0 aromatic carbocycles. The molecule has 4 nitrogen and oxygen atoms in total. The molecule has 0 fully saturated rings. The molecule has 1 aliphatic rings. The Morgan fingerprint density at radius 3 is 2.91 bits per heavy atom. The van der Waals surface area contributed by atoms with E-state index in [9.17, 15) is 10.1 Å². The molecule has 1 N–H and O–H groups in total. The van der Waals surface area contributed by atoms with Gasteiger partial charge in [0.2, 0.25) is 0 Å². The van der Waals surface area contributed by atoms with Gasteiger partial charge >= 0.3 is 0 Å². The second kappa shape index (κ2) is 3.04. The smallest absolute Gasteiger partial charge is 0.288 e. The first-order valence-electron chi connectivity index (χ1n) is 3.06. The topological polar surface area (TPSA) is 55.2 Å². The van der Waals surface area contributed by atoms with Gasteiger partial charge < -0.3 is 5.32 Å². The predicted octanol–water partition coefficient (Wildman–Crippen LogP) is 1.38. The van der Waals surface area contributed by atoms with Crippen molar-refractivity contribution in [3.05, 3.63) is 32.1 Å². The molecule has 1 heterocycles. The molecule has 1 rings (SSSR count). The van der Waals surface area contributed by atoms with Crippen LogP contribution in [0.2, 0.25) is 0 Å². The zero-order chi connectivity index (χ0) is 8.43. The Bertz CT molecular complexity index is 257. The maximum Gasteiger partial charge on any atom is 0.288 e. The number of nitro groups is 1. The zero-order valence-electron chi connectivity index (χ0n) is 5.93. The maximum absolute atomic E-state index is 10.4. The highest BCUT2D eigenvalue weighted by atomic mass is 79.9. The largest absolute Gasteiger partial charge is 0.381 e. The summed E-state index contributed by atoms with van der Waals surface area (Å²) in [6.45, 7) is 2.35. The highest BCUT2D eigenvalue weighted by Crippen LogP contribution is 2.21. The van der Waals surface area contributed by atoms with E-state index >= 15 is 0 Å². The van der Waals surface area contributed by atoms with Crippen LogP contribution < -0.4 is 5.32 Å². The van der Waals surface area contributed by atoms with Crippen molar-refractivity contribution in [3.8, 4) is 0 Å². The van der Waals surface area contributed by atoms with Gasteiger partial charge in [-0.05, 0) is 6.92 Å². The van der Waals surface area contributed by atoms with Crippen molar-refractivity contribution >= 4 is 15.9 Å². The minimum Gasteiger partial charge on any atom is -0.381 e. The summed E-state index contributed by atoms with van der Waals surface area (Å²) >= 11 is 3.23. The second-order valence-corrected chi connectivity index (χ2v) is 3.15. The van der Waals surface area contributed by atoms with E-state index < -0.39 is 4.92 Å². The first-order valence-corrected chi connectivity index (χ1v) is 3.86. The Labute approximate surface area is 72.2 Å². The van der Waals surface area contributed by atoms with Gasteiger partial charge in [0.05, 0.1) is 11.1 Å². The first kappa shape index (κ1) is 8.26. The summed E-state index contributed by atoms with van der Waals surface area (Å²) in [6.07, 6.45) is 1.42. The molecule has 0 aromatic heterocycles. The van der Waals surface area contributed by atoms with Crippen LogP contribution in [-0.2, 0) is 0 Å². The highest BCUT2D eigenvalue weighted by molar-refractivity contribution is 9.11. The van der Waals surface area contributed by atoms with Gasteiger partial charge in [0.25, 0.3) is 5.70 Å². The van der Waals surface area contributed by atoms with Crippen LogP contribution in [0.25, 0.3) is 0 Å². The Kier molecular flexibility index (Phi) is 2.28. The van der Waals surface area contributed by atoms with Gasteiger partial charge in [-0.3, -0.25) is 10.1 Å². The molecule has 0 atom stereocenters. The Hall–Kier alpha value is -0.840. The van der Waals surface area contributed by atoms with Crippen molar-refractivity contribution < 1.29 is 4.92 Å². The molecular weight excluding hydrogens is 212 g/mol. The van der Waals surface area contributed by atoms with Gasteiger partial charge in [-0.25, -0.2) is 0 Å². The van der Waals surface area contributed by atoms with Crippen LogP contribution in [0.5, 0.6) is 0 Å². The summed E-state index contributed by atoms with van der Waals surface area (Å²) in [5, 5.41) is 13.1.